The Bertz CT molecular complexity index is 427. The minimum Gasteiger partial charge on any atom is -0.368 e. The second kappa shape index (κ2) is 7.46. The molecule has 20 heavy (non-hydrogen) atoms. The zero-order valence-electron chi connectivity index (χ0n) is 13.0. The molecule has 0 bridgehead atoms. The van der Waals surface area contributed by atoms with Gasteiger partial charge in [-0.05, 0) is 55.5 Å². The number of benzene rings is 1. The van der Waals surface area contributed by atoms with E-state index in [-0.39, 0.29) is 0 Å². The standard InChI is InChI=1S/C17H27BrN2/c1-4-19-12-14-11-15(18)5-8-17(14)20(16-6-7-16)10-9-13(2)3/h5,8,11,13,16,19H,4,6-7,9-10,12H2,1-3H3. The molecular weight excluding hydrogens is 312 g/mol. The number of anilines is 1. The fourth-order valence-electron chi connectivity index (χ4n) is 2.52. The van der Waals surface area contributed by atoms with Crippen LogP contribution < -0.4 is 10.2 Å². The first kappa shape index (κ1) is 15.8. The van der Waals surface area contributed by atoms with Crippen LogP contribution >= 0.6 is 15.9 Å². The predicted molar refractivity (Wildman–Crippen MR) is 91.3 cm³/mol. The molecule has 1 aliphatic carbocycles. The molecule has 0 saturated heterocycles. The molecule has 0 amide bonds. The fourth-order valence-corrected chi connectivity index (χ4v) is 2.93. The lowest BCUT2D eigenvalue weighted by atomic mass is 10.1. The first-order valence-corrected chi connectivity index (χ1v) is 8.67. The number of halogens is 1. The van der Waals surface area contributed by atoms with Crippen LogP contribution in [0.5, 0.6) is 0 Å². The highest BCUT2D eigenvalue weighted by Gasteiger charge is 2.30. The maximum absolute atomic E-state index is 3.61. The maximum atomic E-state index is 3.61. The lowest BCUT2D eigenvalue weighted by Crippen LogP contribution is -2.29. The second-order valence-electron chi connectivity index (χ2n) is 6.16. The molecule has 0 heterocycles. The Kier molecular flexibility index (Phi) is 5.91. The summed E-state index contributed by atoms with van der Waals surface area (Å²) in [5, 5.41) is 3.46. The number of nitrogens with one attached hydrogen (secondary N) is 1. The van der Waals surface area contributed by atoms with Gasteiger partial charge in [-0.25, -0.2) is 0 Å². The Balaban J connectivity index is 2.17. The Morgan fingerprint density at radius 2 is 2.10 bits per heavy atom. The summed E-state index contributed by atoms with van der Waals surface area (Å²) in [5.74, 6) is 0.768. The average molecular weight is 339 g/mol. The van der Waals surface area contributed by atoms with Crippen LogP contribution in [0.15, 0.2) is 22.7 Å². The highest BCUT2D eigenvalue weighted by atomic mass is 79.9. The molecular formula is C17H27BrN2. The van der Waals surface area contributed by atoms with Crippen LogP contribution in [-0.4, -0.2) is 19.1 Å². The van der Waals surface area contributed by atoms with Crippen molar-refractivity contribution in [1.29, 1.82) is 0 Å². The van der Waals surface area contributed by atoms with E-state index in [9.17, 15) is 0 Å². The third-order valence-electron chi connectivity index (χ3n) is 3.85. The zero-order chi connectivity index (χ0) is 14.5. The van der Waals surface area contributed by atoms with E-state index in [1.807, 2.05) is 0 Å². The SMILES string of the molecule is CCNCc1cc(Br)ccc1N(CCC(C)C)C1CC1. The minimum absolute atomic E-state index is 0.768. The van der Waals surface area contributed by atoms with Crippen LogP contribution in [0.4, 0.5) is 5.69 Å². The molecule has 1 N–H and O–H groups in total. The summed E-state index contributed by atoms with van der Waals surface area (Å²) in [6, 6.07) is 7.50. The Morgan fingerprint density at radius 1 is 1.35 bits per heavy atom. The van der Waals surface area contributed by atoms with E-state index < -0.39 is 0 Å². The lowest BCUT2D eigenvalue weighted by Gasteiger charge is -2.28. The van der Waals surface area contributed by atoms with Gasteiger partial charge in [-0.1, -0.05) is 36.7 Å². The zero-order valence-corrected chi connectivity index (χ0v) is 14.5. The van der Waals surface area contributed by atoms with Crippen molar-refractivity contribution < 1.29 is 0 Å². The van der Waals surface area contributed by atoms with Crippen molar-refractivity contribution in [2.45, 2.75) is 52.6 Å². The van der Waals surface area contributed by atoms with Gasteiger partial charge in [0.15, 0.2) is 0 Å². The van der Waals surface area contributed by atoms with E-state index in [4.69, 9.17) is 0 Å². The van der Waals surface area contributed by atoms with Gasteiger partial charge in [0.05, 0.1) is 0 Å². The Labute approximate surface area is 132 Å². The van der Waals surface area contributed by atoms with Gasteiger partial charge in [0.25, 0.3) is 0 Å². The van der Waals surface area contributed by atoms with Crippen LogP contribution in [0.25, 0.3) is 0 Å². The highest BCUT2D eigenvalue weighted by Crippen LogP contribution is 2.35. The molecule has 0 atom stereocenters. The molecule has 2 nitrogen and oxygen atoms in total. The monoisotopic (exact) mass is 338 g/mol. The summed E-state index contributed by atoms with van der Waals surface area (Å²) < 4.78 is 1.17. The van der Waals surface area contributed by atoms with Crippen molar-refractivity contribution in [3.63, 3.8) is 0 Å². The van der Waals surface area contributed by atoms with Gasteiger partial charge in [0.1, 0.15) is 0 Å². The molecule has 1 saturated carbocycles. The predicted octanol–water partition coefficient (Wildman–Crippen LogP) is 4.57. The van der Waals surface area contributed by atoms with Crippen LogP contribution in [0.2, 0.25) is 0 Å². The van der Waals surface area contributed by atoms with Gasteiger partial charge in [-0.2, -0.15) is 0 Å². The van der Waals surface area contributed by atoms with E-state index in [1.165, 1.54) is 41.5 Å². The first-order chi connectivity index (χ1) is 9.61. The van der Waals surface area contributed by atoms with E-state index in [1.54, 1.807) is 0 Å². The van der Waals surface area contributed by atoms with Crippen molar-refractivity contribution in [3.8, 4) is 0 Å². The first-order valence-electron chi connectivity index (χ1n) is 7.87. The summed E-state index contributed by atoms with van der Waals surface area (Å²) in [6.45, 7) is 9.94. The van der Waals surface area contributed by atoms with Crippen LogP contribution in [0.3, 0.4) is 0 Å². The van der Waals surface area contributed by atoms with Gasteiger partial charge in [-0.15, -0.1) is 0 Å². The summed E-state index contributed by atoms with van der Waals surface area (Å²) in [7, 11) is 0. The van der Waals surface area contributed by atoms with Crippen molar-refractivity contribution in [2.24, 2.45) is 5.92 Å². The Morgan fingerprint density at radius 3 is 2.70 bits per heavy atom. The molecule has 1 aromatic carbocycles. The summed E-state index contributed by atoms with van der Waals surface area (Å²) in [6.07, 6.45) is 3.98. The third kappa shape index (κ3) is 4.49. The van der Waals surface area contributed by atoms with Gasteiger partial charge < -0.3 is 10.2 Å². The lowest BCUT2D eigenvalue weighted by molar-refractivity contribution is 0.569. The molecule has 0 spiro atoms. The number of hydrogen-bond donors (Lipinski definition) is 1. The summed E-state index contributed by atoms with van der Waals surface area (Å²) in [5.41, 5.74) is 2.84. The number of hydrogen-bond acceptors (Lipinski definition) is 2. The van der Waals surface area contributed by atoms with Crippen LogP contribution in [0.1, 0.15) is 45.6 Å². The number of rotatable bonds is 8. The van der Waals surface area contributed by atoms with Crippen molar-refractivity contribution in [1.82, 2.24) is 5.32 Å². The quantitative estimate of drug-likeness (QED) is 0.746. The molecule has 1 aliphatic rings. The summed E-state index contributed by atoms with van der Waals surface area (Å²) in [4.78, 5) is 2.64. The van der Waals surface area contributed by atoms with Crippen molar-refractivity contribution >= 4 is 21.6 Å². The second-order valence-corrected chi connectivity index (χ2v) is 7.08. The van der Waals surface area contributed by atoms with E-state index >= 15 is 0 Å². The molecule has 0 unspecified atom stereocenters. The molecule has 1 fully saturated rings. The topological polar surface area (TPSA) is 15.3 Å². The molecule has 2 rings (SSSR count). The third-order valence-corrected chi connectivity index (χ3v) is 4.34. The average Bonchev–Trinajstić information content (AvgIpc) is 3.22. The fraction of sp³-hybridized carbons (Fsp3) is 0.647. The molecule has 0 radical (unpaired) electrons. The number of nitrogens with zero attached hydrogens (tertiary/aromatic N) is 1. The van der Waals surface area contributed by atoms with Gasteiger partial charge >= 0.3 is 0 Å². The molecule has 3 heteroatoms. The van der Waals surface area contributed by atoms with Gasteiger partial charge in [0, 0.05) is 29.3 Å². The normalized spacial score (nSPS) is 14.8. The smallest absolute Gasteiger partial charge is 0.0415 e. The van der Waals surface area contributed by atoms with Gasteiger partial charge in [0.2, 0.25) is 0 Å². The Hall–Kier alpha value is -0.540. The highest BCUT2D eigenvalue weighted by molar-refractivity contribution is 9.10. The van der Waals surface area contributed by atoms with E-state index in [0.29, 0.717) is 0 Å². The van der Waals surface area contributed by atoms with Gasteiger partial charge in [-0.3, -0.25) is 0 Å². The summed E-state index contributed by atoms with van der Waals surface area (Å²) >= 11 is 3.61. The van der Waals surface area contributed by atoms with E-state index in [2.05, 4.69) is 65.1 Å². The van der Waals surface area contributed by atoms with Crippen molar-refractivity contribution in [3.05, 3.63) is 28.2 Å². The van der Waals surface area contributed by atoms with Crippen LogP contribution in [0, 0.1) is 5.92 Å². The van der Waals surface area contributed by atoms with E-state index in [0.717, 1.165) is 25.0 Å². The minimum atomic E-state index is 0.768. The molecule has 0 aromatic heterocycles. The maximum Gasteiger partial charge on any atom is 0.0415 e. The van der Waals surface area contributed by atoms with Crippen molar-refractivity contribution in [2.75, 3.05) is 18.0 Å². The molecule has 0 aliphatic heterocycles. The van der Waals surface area contributed by atoms with Crippen LogP contribution in [-0.2, 0) is 6.54 Å². The molecule has 1 aromatic rings. The largest absolute Gasteiger partial charge is 0.368 e. The molecule has 112 valence electrons.